The van der Waals surface area contributed by atoms with Gasteiger partial charge in [0.05, 0.1) is 17.9 Å². The van der Waals surface area contributed by atoms with Crippen LogP contribution in [0.3, 0.4) is 0 Å². The van der Waals surface area contributed by atoms with E-state index in [4.69, 9.17) is 0 Å². The van der Waals surface area contributed by atoms with Crippen LogP contribution in [0.15, 0.2) is 30.7 Å². The van der Waals surface area contributed by atoms with E-state index in [1.54, 1.807) is 26.4 Å². The van der Waals surface area contributed by atoms with E-state index in [0.29, 0.717) is 5.69 Å². The third-order valence-corrected chi connectivity index (χ3v) is 2.91. The summed E-state index contributed by atoms with van der Waals surface area (Å²) in [7, 11) is 1.74. The van der Waals surface area contributed by atoms with Gasteiger partial charge in [0.1, 0.15) is 11.6 Å². The van der Waals surface area contributed by atoms with Crippen LogP contribution in [0.5, 0.6) is 0 Å². The van der Waals surface area contributed by atoms with Crippen molar-refractivity contribution in [3.63, 3.8) is 0 Å². The van der Waals surface area contributed by atoms with Gasteiger partial charge in [-0.3, -0.25) is 9.36 Å². The van der Waals surface area contributed by atoms with E-state index in [1.165, 1.54) is 0 Å². The molecule has 0 saturated carbocycles. The van der Waals surface area contributed by atoms with Gasteiger partial charge < -0.3 is 10.6 Å². The first-order chi connectivity index (χ1) is 9.11. The predicted octanol–water partition coefficient (Wildman–Crippen LogP) is 1.12. The first-order valence-electron chi connectivity index (χ1n) is 6.06. The maximum atomic E-state index is 11.7. The molecule has 6 heteroatoms. The van der Waals surface area contributed by atoms with Gasteiger partial charge >= 0.3 is 0 Å². The van der Waals surface area contributed by atoms with Gasteiger partial charge in [0.2, 0.25) is 5.91 Å². The zero-order valence-electron chi connectivity index (χ0n) is 11.2. The number of imidazole rings is 1. The number of aromatic nitrogens is 3. The predicted molar refractivity (Wildman–Crippen MR) is 73.2 cm³/mol. The van der Waals surface area contributed by atoms with Gasteiger partial charge in [-0.15, -0.1) is 0 Å². The van der Waals surface area contributed by atoms with Crippen LogP contribution >= 0.6 is 0 Å². The third-order valence-electron chi connectivity index (χ3n) is 2.91. The molecule has 2 heterocycles. The molecule has 0 radical (unpaired) electrons. The summed E-state index contributed by atoms with van der Waals surface area (Å²) in [5.74, 6) is 1.55. The molecule has 0 aliphatic heterocycles. The highest BCUT2D eigenvalue weighted by Crippen LogP contribution is 2.11. The molecule has 1 atom stereocenters. The summed E-state index contributed by atoms with van der Waals surface area (Å²) in [5, 5.41) is 5.67. The van der Waals surface area contributed by atoms with E-state index in [2.05, 4.69) is 20.6 Å². The van der Waals surface area contributed by atoms with Crippen molar-refractivity contribution in [2.24, 2.45) is 0 Å². The van der Waals surface area contributed by atoms with Gasteiger partial charge in [-0.1, -0.05) is 0 Å². The van der Waals surface area contributed by atoms with Crippen LogP contribution < -0.4 is 10.6 Å². The molecule has 0 aliphatic rings. The van der Waals surface area contributed by atoms with Crippen molar-refractivity contribution in [2.75, 3.05) is 12.4 Å². The van der Waals surface area contributed by atoms with Gasteiger partial charge in [-0.05, 0) is 33.0 Å². The van der Waals surface area contributed by atoms with Crippen LogP contribution in [-0.2, 0) is 4.79 Å². The number of nitrogens with one attached hydrogen (secondary N) is 2. The topological polar surface area (TPSA) is 71.8 Å². The second-order valence-corrected chi connectivity index (χ2v) is 4.25. The van der Waals surface area contributed by atoms with Crippen LogP contribution in [0.1, 0.15) is 12.7 Å². The lowest BCUT2D eigenvalue weighted by atomic mass is 10.3. The van der Waals surface area contributed by atoms with Gasteiger partial charge in [0.15, 0.2) is 0 Å². The van der Waals surface area contributed by atoms with Crippen LogP contribution in [0.2, 0.25) is 0 Å². The maximum Gasteiger partial charge on any atom is 0.241 e. The summed E-state index contributed by atoms with van der Waals surface area (Å²) in [6.45, 7) is 3.71. The van der Waals surface area contributed by atoms with Crippen molar-refractivity contribution >= 4 is 11.6 Å². The second kappa shape index (κ2) is 5.62. The highest BCUT2D eigenvalue weighted by Gasteiger charge is 2.10. The van der Waals surface area contributed by atoms with E-state index < -0.39 is 0 Å². The first kappa shape index (κ1) is 13.2. The SMILES string of the molecule is CNC(C)C(=O)Nc1ccc(-n2ccnc2C)nc1. The zero-order valence-corrected chi connectivity index (χ0v) is 11.2. The maximum absolute atomic E-state index is 11.7. The second-order valence-electron chi connectivity index (χ2n) is 4.25. The van der Waals surface area contributed by atoms with Gasteiger partial charge in [0, 0.05) is 12.4 Å². The van der Waals surface area contributed by atoms with Crippen molar-refractivity contribution in [2.45, 2.75) is 19.9 Å². The van der Waals surface area contributed by atoms with E-state index >= 15 is 0 Å². The standard InChI is InChI=1S/C13H17N5O/c1-9(14-3)13(19)17-11-4-5-12(16-8-11)18-7-6-15-10(18)2/h4-9,14H,1-3H3,(H,17,19). The number of carbonyl (C=O) groups is 1. The van der Waals surface area contributed by atoms with Crippen molar-refractivity contribution in [3.8, 4) is 5.82 Å². The molecule has 2 aromatic rings. The lowest BCUT2D eigenvalue weighted by Gasteiger charge is -2.11. The lowest BCUT2D eigenvalue weighted by Crippen LogP contribution is -2.35. The molecule has 1 amide bonds. The number of amides is 1. The molecule has 0 aliphatic carbocycles. The van der Waals surface area contributed by atoms with Crippen molar-refractivity contribution in [3.05, 3.63) is 36.5 Å². The smallest absolute Gasteiger partial charge is 0.241 e. The summed E-state index contributed by atoms with van der Waals surface area (Å²) in [6, 6.07) is 3.42. The third kappa shape index (κ3) is 2.97. The summed E-state index contributed by atoms with van der Waals surface area (Å²) >= 11 is 0. The summed E-state index contributed by atoms with van der Waals surface area (Å²) in [4.78, 5) is 20.1. The Morgan fingerprint density at radius 3 is 2.68 bits per heavy atom. The highest BCUT2D eigenvalue weighted by atomic mass is 16.2. The van der Waals surface area contributed by atoms with Crippen LogP contribution in [0, 0.1) is 6.92 Å². The Morgan fingerprint density at radius 1 is 1.37 bits per heavy atom. The van der Waals surface area contributed by atoms with Crippen LogP contribution in [0.4, 0.5) is 5.69 Å². The number of carbonyl (C=O) groups excluding carboxylic acids is 1. The summed E-state index contributed by atoms with van der Waals surface area (Å²) < 4.78 is 1.88. The number of hydrogen-bond donors (Lipinski definition) is 2. The number of anilines is 1. The molecule has 100 valence electrons. The highest BCUT2D eigenvalue weighted by molar-refractivity contribution is 5.94. The number of pyridine rings is 1. The average Bonchev–Trinajstić information content (AvgIpc) is 2.85. The molecule has 0 fully saturated rings. The molecular formula is C13H17N5O. The average molecular weight is 259 g/mol. The molecule has 0 spiro atoms. The fourth-order valence-corrected chi connectivity index (χ4v) is 1.60. The Morgan fingerprint density at radius 2 is 2.16 bits per heavy atom. The van der Waals surface area contributed by atoms with Crippen molar-refractivity contribution in [1.82, 2.24) is 19.9 Å². The number of nitrogens with zero attached hydrogens (tertiary/aromatic N) is 3. The summed E-state index contributed by atoms with van der Waals surface area (Å²) in [5.41, 5.74) is 0.675. The first-order valence-corrected chi connectivity index (χ1v) is 6.06. The molecule has 2 aromatic heterocycles. The van der Waals surface area contributed by atoms with Crippen LogP contribution in [-0.4, -0.2) is 33.5 Å². The number of hydrogen-bond acceptors (Lipinski definition) is 4. The Hall–Kier alpha value is -2.21. The Bertz CT molecular complexity index is 561. The molecule has 2 N–H and O–H groups in total. The molecule has 19 heavy (non-hydrogen) atoms. The van der Waals surface area contributed by atoms with Gasteiger partial charge in [-0.2, -0.15) is 0 Å². The normalized spacial score (nSPS) is 12.2. The molecule has 0 saturated heterocycles. The minimum absolute atomic E-state index is 0.0872. The number of rotatable bonds is 4. The van der Waals surface area contributed by atoms with E-state index in [1.807, 2.05) is 29.8 Å². The fourth-order valence-electron chi connectivity index (χ4n) is 1.60. The zero-order chi connectivity index (χ0) is 13.8. The molecule has 1 unspecified atom stereocenters. The largest absolute Gasteiger partial charge is 0.323 e. The van der Waals surface area contributed by atoms with Crippen molar-refractivity contribution in [1.29, 1.82) is 0 Å². The minimum atomic E-state index is -0.240. The van der Waals surface area contributed by atoms with Crippen molar-refractivity contribution < 1.29 is 4.79 Å². The monoisotopic (exact) mass is 259 g/mol. The number of aryl methyl sites for hydroxylation is 1. The Kier molecular flexibility index (Phi) is 3.91. The molecule has 2 rings (SSSR count). The molecule has 0 aromatic carbocycles. The van der Waals surface area contributed by atoms with E-state index in [-0.39, 0.29) is 11.9 Å². The lowest BCUT2D eigenvalue weighted by molar-refractivity contribution is -0.117. The fraction of sp³-hybridized carbons (Fsp3) is 0.308. The van der Waals surface area contributed by atoms with E-state index in [9.17, 15) is 4.79 Å². The van der Waals surface area contributed by atoms with Gasteiger partial charge in [0.25, 0.3) is 0 Å². The van der Waals surface area contributed by atoms with E-state index in [0.717, 1.165) is 11.6 Å². The minimum Gasteiger partial charge on any atom is -0.323 e. The quantitative estimate of drug-likeness (QED) is 0.863. The summed E-state index contributed by atoms with van der Waals surface area (Å²) in [6.07, 6.45) is 5.20. The van der Waals surface area contributed by atoms with Gasteiger partial charge in [-0.25, -0.2) is 9.97 Å². The molecule has 0 bridgehead atoms. The van der Waals surface area contributed by atoms with Crippen LogP contribution in [0.25, 0.3) is 5.82 Å². The molecular weight excluding hydrogens is 242 g/mol. The number of likely N-dealkylation sites (N-methyl/N-ethyl adjacent to an activating group) is 1. The Balaban J connectivity index is 2.11. The molecule has 6 nitrogen and oxygen atoms in total. The Labute approximate surface area is 111 Å².